The number of aromatic nitrogens is 1. The molecule has 3 aromatic rings. The molecule has 0 atom stereocenters. The van der Waals surface area contributed by atoms with Crippen molar-refractivity contribution >= 4 is 22.2 Å². The topological polar surface area (TPSA) is 39.3 Å². The van der Waals surface area contributed by atoms with Crippen molar-refractivity contribution in [2.24, 2.45) is 0 Å². The fourth-order valence-corrected chi connectivity index (χ4v) is 3.36. The molecule has 3 nitrogen and oxygen atoms in total. The summed E-state index contributed by atoms with van der Waals surface area (Å²) in [6.07, 6.45) is 3.16. The molecule has 0 saturated carbocycles. The van der Waals surface area contributed by atoms with Gasteiger partial charge in [-0.2, -0.15) is 0 Å². The molecule has 2 aromatic heterocycles. The Hall–Kier alpha value is -1.62. The van der Waals surface area contributed by atoms with Crippen molar-refractivity contribution in [3.63, 3.8) is 0 Å². The van der Waals surface area contributed by atoms with Gasteiger partial charge in [0.2, 0.25) is 0 Å². The Bertz CT molecular complexity index is 742. The van der Waals surface area contributed by atoms with Crippen LogP contribution in [0.1, 0.15) is 10.4 Å². The highest BCUT2D eigenvalue weighted by atomic mass is 32.1. The van der Waals surface area contributed by atoms with Crippen LogP contribution in [0.2, 0.25) is 0 Å². The molecule has 0 saturated heterocycles. The standard InChI is InChI=1S/C17H20N2OS/c1-19(2)8-7-13-10-18-16-5-3-12(9-15(13)16)17-6-4-14(11-20)21-17/h3-6,9-10,18,20H,7-8,11H2,1-2H3. The predicted octanol–water partition coefficient (Wildman–Crippen LogP) is 3.49. The van der Waals surface area contributed by atoms with Crippen LogP contribution in [-0.2, 0) is 13.0 Å². The Morgan fingerprint density at radius 3 is 2.76 bits per heavy atom. The van der Waals surface area contributed by atoms with E-state index in [9.17, 15) is 5.11 Å². The lowest BCUT2D eigenvalue weighted by Gasteiger charge is -2.08. The van der Waals surface area contributed by atoms with E-state index in [0.717, 1.165) is 17.8 Å². The van der Waals surface area contributed by atoms with Crippen LogP contribution < -0.4 is 0 Å². The van der Waals surface area contributed by atoms with Gasteiger partial charge >= 0.3 is 0 Å². The van der Waals surface area contributed by atoms with E-state index in [1.165, 1.54) is 26.9 Å². The molecule has 0 aliphatic rings. The smallest absolute Gasteiger partial charge is 0.0774 e. The second-order valence-corrected chi connectivity index (χ2v) is 6.72. The molecule has 0 aliphatic heterocycles. The molecular weight excluding hydrogens is 280 g/mol. The van der Waals surface area contributed by atoms with Gasteiger partial charge in [-0.15, -0.1) is 11.3 Å². The van der Waals surface area contributed by atoms with Gasteiger partial charge in [-0.05, 0) is 55.9 Å². The Morgan fingerprint density at radius 1 is 1.19 bits per heavy atom. The number of H-pyrrole nitrogens is 1. The highest BCUT2D eigenvalue weighted by Crippen LogP contribution is 2.31. The highest BCUT2D eigenvalue weighted by Gasteiger charge is 2.08. The summed E-state index contributed by atoms with van der Waals surface area (Å²) in [5.74, 6) is 0. The molecule has 0 unspecified atom stereocenters. The molecule has 0 amide bonds. The monoisotopic (exact) mass is 300 g/mol. The van der Waals surface area contributed by atoms with E-state index in [1.54, 1.807) is 11.3 Å². The minimum absolute atomic E-state index is 0.116. The number of thiophene rings is 1. The molecule has 110 valence electrons. The third-order valence-electron chi connectivity index (χ3n) is 3.70. The van der Waals surface area contributed by atoms with Crippen LogP contribution >= 0.6 is 11.3 Å². The lowest BCUT2D eigenvalue weighted by atomic mass is 10.1. The molecule has 0 aliphatic carbocycles. The van der Waals surface area contributed by atoms with Crippen LogP contribution in [0.25, 0.3) is 21.3 Å². The fraction of sp³-hybridized carbons (Fsp3) is 0.294. The largest absolute Gasteiger partial charge is 0.391 e. The SMILES string of the molecule is CN(C)CCc1c[nH]c2ccc(-c3ccc(CO)s3)cc12. The van der Waals surface area contributed by atoms with Crippen molar-refractivity contribution in [2.45, 2.75) is 13.0 Å². The molecule has 0 fully saturated rings. The van der Waals surface area contributed by atoms with Crippen molar-refractivity contribution in [1.82, 2.24) is 9.88 Å². The molecule has 2 N–H and O–H groups in total. The van der Waals surface area contributed by atoms with Gasteiger partial charge in [-0.25, -0.2) is 0 Å². The summed E-state index contributed by atoms with van der Waals surface area (Å²) in [7, 11) is 4.20. The van der Waals surface area contributed by atoms with Crippen molar-refractivity contribution in [1.29, 1.82) is 0 Å². The zero-order valence-electron chi connectivity index (χ0n) is 12.4. The molecule has 2 heterocycles. The Kier molecular flexibility index (Phi) is 4.10. The van der Waals surface area contributed by atoms with Crippen LogP contribution in [0.3, 0.4) is 0 Å². The lowest BCUT2D eigenvalue weighted by molar-refractivity contribution is 0.285. The molecular formula is C17H20N2OS. The summed E-state index contributed by atoms with van der Waals surface area (Å²) in [6.45, 7) is 1.16. The van der Waals surface area contributed by atoms with Crippen molar-refractivity contribution in [3.05, 3.63) is 47.0 Å². The average Bonchev–Trinajstić information content (AvgIpc) is 3.11. The van der Waals surface area contributed by atoms with Gasteiger partial charge in [-0.3, -0.25) is 0 Å². The molecule has 0 radical (unpaired) electrons. The number of likely N-dealkylation sites (N-methyl/N-ethyl adjacent to an activating group) is 1. The summed E-state index contributed by atoms with van der Waals surface area (Å²) >= 11 is 1.65. The first kappa shape index (κ1) is 14.3. The maximum absolute atomic E-state index is 9.20. The zero-order chi connectivity index (χ0) is 14.8. The number of aliphatic hydroxyl groups is 1. The van der Waals surface area contributed by atoms with Crippen LogP contribution in [0.5, 0.6) is 0 Å². The van der Waals surface area contributed by atoms with Gasteiger partial charge in [0, 0.05) is 33.4 Å². The number of aliphatic hydroxyl groups excluding tert-OH is 1. The number of rotatable bonds is 5. The maximum atomic E-state index is 9.20. The van der Waals surface area contributed by atoms with Crippen molar-refractivity contribution < 1.29 is 5.11 Å². The summed E-state index contributed by atoms with van der Waals surface area (Å²) in [5.41, 5.74) is 3.77. The van der Waals surface area contributed by atoms with E-state index in [4.69, 9.17) is 0 Å². The minimum atomic E-state index is 0.116. The van der Waals surface area contributed by atoms with E-state index in [1.807, 2.05) is 6.07 Å². The van der Waals surface area contributed by atoms with E-state index in [-0.39, 0.29) is 6.61 Å². The molecule has 1 aromatic carbocycles. The molecule has 0 bridgehead atoms. The Balaban J connectivity index is 1.96. The third kappa shape index (κ3) is 3.02. The van der Waals surface area contributed by atoms with Crippen molar-refractivity contribution in [3.8, 4) is 10.4 Å². The summed E-state index contributed by atoms with van der Waals surface area (Å²) < 4.78 is 0. The Morgan fingerprint density at radius 2 is 2.05 bits per heavy atom. The number of hydrogen-bond acceptors (Lipinski definition) is 3. The number of aromatic amines is 1. The van der Waals surface area contributed by atoms with Crippen LogP contribution in [0.15, 0.2) is 36.5 Å². The second kappa shape index (κ2) is 6.02. The lowest BCUT2D eigenvalue weighted by Crippen LogP contribution is -2.14. The summed E-state index contributed by atoms with van der Waals surface area (Å²) in [5, 5.41) is 10.5. The van der Waals surface area contributed by atoms with Crippen LogP contribution in [-0.4, -0.2) is 35.6 Å². The first-order valence-corrected chi connectivity index (χ1v) is 7.93. The first-order chi connectivity index (χ1) is 10.2. The molecule has 3 rings (SSSR count). The molecule has 21 heavy (non-hydrogen) atoms. The predicted molar refractivity (Wildman–Crippen MR) is 89.8 cm³/mol. The van der Waals surface area contributed by atoms with Gasteiger partial charge in [0.15, 0.2) is 0 Å². The maximum Gasteiger partial charge on any atom is 0.0774 e. The van der Waals surface area contributed by atoms with Gasteiger partial charge in [0.1, 0.15) is 0 Å². The van der Waals surface area contributed by atoms with Gasteiger partial charge in [-0.1, -0.05) is 6.07 Å². The van der Waals surface area contributed by atoms with Gasteiger partial charge < -0.3 is 15.0 Å². The average molecular weight is 300 g/mol. The van der Waals surface area contributed by atoms with Crippen molar-refractivity contribution in [2.75, 3.05) is 20.6 Å². The number of nitrogens with zero attached hydrogens (tertiary/aromatic N) is 1. The van der Waals surface area contributed by atoms with E-state index in [2.05, 4.69) is 54.4 Å². The van der Waals surface area contributed by atoms with Gasteiger partial charge in [0.25, 0.3) is 0 Å². The molecule has 4 heteroatoms. The van der Waals surface area contributed by atoms with Crippen LogP contribution in [0, 0.1) is 0 Å². The molecule has 0 spiro atoms. The second-order valence-electron chi connectivity index (χ2n) is 5.55. The number of nitrogens with one attached hydrogen (secondary N) is 1. The summed E-state index contributed by atoms with van der Waals surface area (Å²) in [6, 6.07) is 10.6. The van der Waals surface area contributed by atoms with E-state index in [0.29, 0.717) is 0 Å². The number of hydrogen-bond donors (Lipinski definition) is 2. The first-order valence-electron chi connectivity index (χ1n) is 7.12. The van der Waals surface area contributed by atoms with Crippen LogP contribution in [0.4, 0.5) is 0 Å². The summed E-state index contributed by atoms with van der Waals surface area (Å²) in [4.78, 5) is 7.77. The zero-order valence-corrected chi connectivity index (χ0v) is 13.2. The minimum Gasteiger partial charge on any atom is -0.391 e. The third-order valence-corrected chi connectivity index (χ3v) is 4.82. The van der Waals surface area contributed by atoms with E-state index < -0.39 is 0 Å². The highest BCUT2D eigenvalue weighted by molar-refractivity contribution is 7.15. The quantitative estimate of drug-likeness (QED) is 0.757. The number of fused-ring (bicyclic) bond motifs is 1. The fourth-order valence-electron chi connectivity index (χ4n) is 2.50. The Labute approximate surface area is 128 Å². The normalized spacial score (nSPS) is 11.6. The van der Waals surface area contributed by atoms with Gasteiger partial charge in [0.05, 0.1) is 6.61 Å². The number of benzene rings is 1. The van der Waals surface area contributed by atoms with E-state index >= 15 is 0 Å².